The molecule has 0 saturated heterocycles. The summed E-state index contributed by atoms with van der Waals surface area (Å²) in [5.41, 5.74) is 0.272. The van der Waals surface area contributed by atoms with E-state index >= 15 is 0 Å². The fourth-order valence-corrected chi connectivity index (χ4v) is 6.13. The summed E-state index contributed by atoms with van der Waals surface area (Å²) in [5, 5.41) is 3.25. The van der Waals surface area contributed by atoms with Gasteiger partial charge in [-0.3, -0.25) is 13.9 Å². The number of sulfonamides is 1. The number of benzene rings is 3. The van der Waals surface area contributed by atoms with Crippen LogP contribution in [0.15, 0.2) is 82.2 Å². The Kier molecular flexibility index (Phi) is 10.1. The van der Waals surface area contributed by atoms with E-state index in [0.717, 1.165) is 14.3 Å². The van der Waals surface area contributed by atoms with E-state index in [4.69, 9.17) is 23.2 Å². The second-order valence-electron chi connectivity index (χ2n) is 9.99. The smallest absolute Gasteiger partial charge is 0.264 e. The highest BCUT2D eigenvalue weighted by Crippen LogP contribution is 2.33. The quantitative estimate of drug-likeness (QED) is 0.294. The van der Waals surface area contributed by atoms with Crippen LogP contribution in [0.2, 0.25) is 10.0 Å². The number of nitrogens with zero attached hydrogens (tertiary/aromatic N) is 2. The Labute approximate surface area is 248 Å². The topological polar surface area (TPSA) is 86.8 Å². The van der Waals surface area contributed by atoms with Crippen molar-refractivity contribution < 1.29 is 18.0 Å². The molecule has 39 heavy (non-hydrogen) atoms. The molecule has 0 fully saturated rings. The van der Waals surface area contributed by atoms with Crippen molar-refractivity contribution in [3.05, 3.63) is 92.9 Å². The van der Waals surface area contributed by atoms with Crippen molar-refractivity contribution >= 4 is 66.7 Å². The minimum Gasteiger partial charge on any atom is -0.350 e. The second-order valence-corrected chi connectivity index (χ2v) is 13.6. The van der Waals surface area contributed by atoms with Crippen molar-refractivity contribution in [1.82, 2.24) is 10.2 Å². The first-order valence-corrected chi connectivity index (χ1v) is 15.1. The van der Waals surface area contributed by atoms with Crippen LogP contribution in [-0.4, -0.2) is 43.3 Å². The molecule has 3 aromatic rings. The molecule has 208 valence electrons. The van der Waals surface area contributed by atoms with Crippen LogP contribution < -0.4 is 9.62 Å². The van der Waals surface area contributed by atoms with Gasteiger partial charge >= 0.3 is 0 Å². The van der Waals surface area contributed by atoms with Crippen molar-refractivity contribution in [3.63, 3.8) is 0 Å². The summed E-state index contributed by atoms with van der Waals surface area (Å²) in [4.78, 5) is 28.4. The van der Waals surface area contributed by atoms with E-state index in [9.17, 15) is 18.0 Å². The molecule has 0 aromatic heterocycles. The average molecular weight is 655 g/mol. The fourth-order valence-electron chi connectivity index (χ4n) is 3.80. The number of halogens is 3. The summed E-state index contributed by atoms with van der Waals surface area (Å²) in [5.74, 6) is -0.966. The SMILES string of the molecule is C[C@H](C(=O)NC(C)(C)C)N(Cc1cccc(Br)c1)C(=O)CN(c1cc(Cl)ccc1Cl)S(=O)(=O)c1ccccc1. The predicted molar refractivity (Wildman–Crippen MR) is 159 cm³/mol. The lowest BCUT2D eigenvalue weighted by molar-refractivity contribution is -0.140. The third-order valence-corrected chi connectivity index (χ3v) is 8.52. The van der Waals surface area contributed by atoms with E-state index in [1.807, 2.05) is 45.0 Å². The van der Waals surface area contributed by atoms with Gasteiger partial charge in [0.2, 0.25) is 11.8 Å². The zero-order valence-corrected chi connectivity index (χ0v) is 25.9. The molecular formula is C28H30BrCl2N3O4S. The van der Waals surface area contributed by atoms with Gasteiger partial charge in [0, 0.05) is 21.6 Å². The Morgan fingerprint density at radius 3 is 2.26 bits per heavy atom. The van der Waals surface area contributed by atoms with Gasteiger partial charge in [0.15, 0.2) is 0 Å². The van der Waals surface area contributed by atoms with Crippen molar-refractivity contribution in [3.8, 4) is 0 Å². The number of hydrogen-bond acceptors (Lipinski definition) is 4. The van der Waals surface area contributed by atoms with Gasteiger partial charge in [0.1, 0.15) is 12.6 Å². The minimum atomic E-state index is -4.24. The number of nitrogens with one attached hydrogen (secondary N) is 1. The largest absolute Gasteiger partial charge is 0.350 e. The molecule has 11 heteroatoms. The molecule has 0 aliphatic rings. The molecule has 0 bridgehead atoms. The predicted octanol–water partition coefficient (Wildman–Crippen LogP) is 6.28. The maximum absolute atomic E-state index is 14.0. The van der Waals surface area contributed by atoms with Crippen LogP contribution >= 0.6 is 39.1 Å². The van der Waals surface area contributed by atoms with E-state index < -0.39 is 34.1 Å². The Morgan fingerprint density at radius 2 is 1.64 bits per heavy atom. The van der Waals surface area contributed by atoms with Gasteiger partial charge < -0.3 is 10.2 Å². The molecule has 0 radical (unpaired) electrons. The molecule has 0 spiro atoms. The maximum Gasteiger partial charge on any atom is 0.264 e. The standard InChI is InChI=1S/C28H30BrCl2N3O4S/c1-19(27(36)32-28(2,3)4)33(17-20-9-8-10-21(29)15-20)26(35)18-34(25-16-22(30)13-14-24(25)31)39(37,38)23-11-6-5-7-12-23/h5-16,19H,17-18H2,1-4H3,(H,32,36)/t19-/m1/s1. The van der Waals surface area contributed by atoms with E-state index in [2.05, 4.69) is 21.2 Å². The molecule has 0 saturated carbocycles. The van der Waals surface area contributed by atoms with Crippen molar-refractivity contribution in [1.29, 1.82) is 0 Å². The summed E-state index contributed by atoms with van der Waals surface area (Å²) in [6, 6.07) is 18.5. The van der Waals surface area contributed by atoms with E-state index in [0.29, 0.717) is 0 Å². The molecule has 1 N–H and O–H groups in total. The highest BCUT2D eigenvalue weighted by Gasteiger charge is 2.34. The first kappa shape index (κ1) is 30.9. The van der Waals surface area contributed by atoms with E-state index in [-0.39, 0.29) is 33.1 Å². The van der Waals surface area contributed by atoms with Crippen LogP contribution in [0.3, 0.4) is 0 Å². The van der Waals surface area contributed by atoms with Gasteiger partial charge in [-0.1, -0.05) is 69.5 Å². The first-order chi connectivity index (χ1) is 18.2. The zero-order chi connectivity index (χ0) is 29.0. The number of hydrogen-bond donors (Lipinski definition) is 1. The van der Waals surface area contributed by atoms with Gasteiger partial charge in [0.05, 0.1) is 15.6 Å². The van der Waals surface area contributed by atoms with Gasteiger partial charge in [-0.05, 0) is 75.7 Å². The fraction of sp³-hybridized carbons (Fsp3) is 0.286. The van der Waals surface area contributed by atoms with Gasteiger partial charge in [-0.15, -0.1) is 0 Å². The van der Waals surface area contributed by atoms with Crippen molar-refractivity contribution in [2.24, 2.45) is 0 Å². The maximum atomic E-state index is 14.0. The van der Waals surface area contributed by atoms with E-state index in [1.165, 1.54) is 35.2 Å². The normalized spacial score (nSPS) is 12.5. The number of amides is 2. The van der Waals surface area contributed by atoms with Crippen LogP contribution in [0.25, 0.3) is 0 Å². The number of carbonyl (C=O) groups is 2. The Morgan fingerprint density at radius 1 is 0.974 bits per heavy atom. The molecule has 0 aliphatic carbocycles. The van der Waals surface area contributed by atoms with Crippen LogP contribution in [0.1, 0.15) is 33.3 Å². The number of anilines is 1. The summed E-state index contributed by atoms with van der Waals surface area (Å²) in [7, 11) is -4.24. The number of rotatable bonds is 9. The van der Waals surface area contributed by atoms with Crippen LogP contribution in [0.4, 0.5) is 5.69 Å². The Balaban J connectivity index is 2.07. The third kappa shape index (κ3) is 8.20. The lowest BCUT2D eigenvalue weighted by atomic mass is 10.1. The van der Waals surface area contributed by atoms with E-state index in [1.54, 1.807) is 25.1 Å². The molecule has 7 nitrogen and oxygen atoms in total. The Hall–Kier alpha value is -2.59. The van der Waals surface area contributed by atoms with Crippen LogP contribution in [0, 0.1) is 0 Å². The van der Waals surface area contributed by atoms with Crippen molar-refractivity contribution in [2.75, 3.05) is 10.8 Å². The highest BCUT2D eigenvalue weighted by atomic mass is 79.9. The summed E-state index contributed by atoms with van der Waals surface area (Å²) in [6.45, 7) is 6.59. The number of carbonyl (C=O) groups excluding carboxylic acids is 2. The molecule has 3 aromatic carbocycles. The average Bonchev–Trinajstić information content (AvgIpc) is 2.86. The molecule has 3 rings (SSSR count). The molecular weight excluding hydrogens is 625 g/mol. The summed E-state index contributed by atoms with van der Waals surface area (Å²) < 4.78 is 29.4. The van der Waals surface area contributed by atoms with Crippen LogP contribution in [0.5, 0.6) is 0 Å². The summed E-state index contributed by atoms with van der Waals surface area (Å²) >= 11 is 16.1. The van der Waals surface area contributed by atoms with Crippen molar-refractivity contribution in [2.45, 2.75) is 50.7 Å². The first-order valence-electron chi connectivity index (χ1n) is 12.1. The second kappa shape index (κ2) is 12.7. The molecule has 0 aliphatic heterocycles. The van der Waals surface area contributed by atoms with Gasteiger partial charge in [-0.2, -0.15) is 0 Å². The zero-order valence-electron chi connectivity index (χ0n) is 22.0. The summed E-state index contributed by atoms with van der Waals surface area (Å²) in [6.07, 6.45) is 0. The highest BCUT2D eigenvalue weighted by molar-refractivity contribution is 9.10. The molecule has 2 amide bonds. The van der Waals surface area contributed by atoms with Gasteiger partial charge in [-0.25, -0.2) is 8.42 Å². The molecule has 0 unspecified atom stereocenters. The monoisotopic (exact) mass is 653 g/mol. The Bertz CT molecular complexity index is 1450. The molecule has 1 atom stereocenters. The third-order valence-electron chi connectivity index (χ3n) is 5.69. The minimum absolute atomic E-state index is 0.0223. The lowest BCUT2D eigenvalue weighted by Gasteiger charge is -2.33. The molecule has 0 heterocycles. The van der Waals surface area contributed by atoms with Gasteiger partial charge in [0.25, 0.3) is 10.0 Å². The lowest BCUT2D eigenvalue weighted by Crippen LogP contribution is -2.54. The van der Waals surface area contributed by atoms with Crippen LogP contribution in [-0.2, 0) is 26.2 Å².